The molecule has 0 bridgehead atoms. The minimum atomic E-state index is -0.623. The van der Waals surface area contributed by atoms with Gasteiger partial charge in [0.15, 0.2) is 0 Å². The number of fused-ring (bicyclic) bond motifs is 1. The summed E-state index contributed by atoms with van der Waals surface area (Å²) in [4.78, 5) is 34.7. The van der Waals surface area contributed by atoms with Gasteiger partial charge < -0.3 is 14.8 Å². The standard InChI is InChI=1S/C20H21N3O4S/c1-5-26-20(25)14-6-8-15(9-7-14)27-19(24)12(3)23-17-16-11(2)13(4)28-18(16)22-10-21-17/h6-10,12H,5H2,1-4H3,(H,21,22,23)/t12-/m0/s1. The van der Waals surface area contributed by atoms with Crippen LogP contribution in [0.5, 0.6) is 5.75 Å². The van der Waals surface area contributed by atoms with E-state index < -0.39 is 18.0 Å². The fraction of sp³-hybridized carbons (Fsp3) is 0.300. The van der Waals surface area contributed by atoms with Crippen molar-refractivity contribution < 1.29 is 19.1 Å². The van der Waals surface area contributed by atoms with E-state index in [4.69, 9.17) is 9.47 Å². The summed E-state index contributed by atoms with van der Waals surface area (Å²) >= 11 is 1.59. The molecule has 0 unspecified atom stereocenters. The SMILES string of the molecule is CCOC(=O)c1ccc(OC(=O)[C@H](C)Nc2ncnc3sc(C)c(C)c23)cc1. The van der Waals surface area contributed by atoms with Crippen LogP contribution in [0.25, 0.3) is 10.2 Å². The molecule has 1 N–H and O–H groups in total. The molecule has 146 valence electrons. The number of benzene rings is 1. The summed E-state index contributed by atoms with van der Waals surface area (Å²) < 4.78 is 10.3. The Balaban J connectivity index is 1.69. The average molecular weight is 399 g/mol. The van der Waals surface area contributed by atoms with Crippen LogP contribution in [-0.4, -0.2) is 34.6 Å². The molecule has 3 aromatic rings. The van der Waals surface area contributed by atoms with Crippen molar-refractivity contribution in [2.75, 3.05) is 11.9 Å². The van der Waals surface area contributed by atoms with Gasteiger partial charge in [-0.25, -0.2) is 19.6 Å². The lowest BCUT2D eigenvalue weighted by molar-refractivity contribution is -0.134. The largest absolute Gasteiger partial charge is 0.462 e. The summed E-state index contributed by atoms with van der Waals surface area (Å²) in [6.45, 7) is 7.79. The summed E-state index contributed by atoms with van der Waals surface area (Å²) in [5.74, 6) is 0.0842. The van der Waals surface area contributed by atoms with E-state index in [1.54, 1.807) is 49.4 Å². The lowest BCUT2D eigenvalue weighted by Crippen LogP contribution is -2.30. The monoisotopic (exact) mass is 399 g/mol. The first-order valence-electron chi connectivity index (χ1n) is 8.86. The number of hydrogen-bond donors (Lipinski definition) is 1. The molecule has 0 fully saturated rings. The quantitative estimate of drug-likeness (QED) is 0.497. The fourth-order valence-electron chi connectivity index (χ4n) is 2.63. The molecule has 3 rings (SSSR count). The van der Waals surface area contributed by atoms with E-state index in [1.165, 1.54) is 6.33 Å². The van der Waals surface area contributed by atoms with Crippen LogP contribution >= 0.6 is 11.3 Å². The minimum Gasteiger partial charge on any atom is -0.462 e. The van der Waals surface area contributed by atoms with Crippen molar-refractivity contribution in [3.05, 3.63) is 46.6 Å². The Morgan fingerprint density at radius 3 is 2.57 bits per heavy atom. The molecular weight excluding hydrogens is 378 g/mol. The number of rotatable bonds is 6. The van der Waals surface area contributed by atoms with Gasteiger partial charge in [0, 0.05) is 4.88 Å². The van der Waals surface area contributed by atoms with Crippen molar-refractivity contribution >= 4 is 39.3 Å². The van der Waals surface area contributed by atoms with Crippen molar-refractivity contribution in [2.24, 2.45) is 0 Å². The summed E-state index contributed by atoms with van der Waals surface area (Å²) in [6.07, 6.45) is 1.48. The maximum atomic E-state index is 12.4. The Kier molecular flexibility index (Phi) is 5.89. The number of hydrogen-bond acceptors (Lipinski definition) is 8. The molecule has 1 aromatic carbocycles. The Morgan fingerprint density at radius 1 is 1.18 bits per heavy atom. The maximum absolute atomic E-state index is 12.4. The Labute approximate surface area is 166 Å². The molecule has 0 spiro atoms. The fourth-order valence-corrected chi connectivity index (χ4v) is 3.63. The predicted octanol–water partition coefficient (Wildman–Crippen LogP) is 3.89. The van der Waals surface area contributed by atoms with Crippen LogP contribution in [0.3, 0.4) is 0 Å². The lowest BCUT2D eigenvalue weighted by atomic mass is 10.2. The van der Waals surface area contributed by atoms with E-state index >= 15 is 0 Å². The number of carbonyl (C=O) groups is 2. The number of nitrogens with zero attached hydrogens (tertiary/aromatic N) is 2. The van der Waals surface area contributed by atoms with E-state index in [0.29, 0.717) is 23.7 Å². The number of thiophene rings is 1. The number of aromatic nitrogens is 2. The van der Waals surface area contributed by atoms with Gasteiger partial charge in [0.1, 0.15) is 28.8 Å². The van der Waals surface area contributed by atoms with Crippen molar-refractivity contribution in [3.63, 3.8) is 0 Å². The lowest BCUT2D eigenvalue weighted by Gasteiger charge is -2.14. The molecule has 0 amide bonds. The molecular formula is C20H21N3O4S. The summed E-state index contributed by atoms with van der Waals surface area (Å²) in [7, 11) is 0. The van der Waals surface area contributed by atoms with E-state index in [9.17, 15) is 9.59 Å². The molecule has 1 atom stereocenters. The number of aryl methyl sites for hydroxylation is 2. The highest BCUT2D eigenvalue weighted by Gasteiger charge is 2.19. The molecule has 2 heterocycles. The second-order valence-electron chi connectivity index (χ2n) is 6.22. The predicted molar refractivity (Wildman–Crippen MR) is 108 cm³/mol. The molecule has 28 heavy (non-hydrogen) atoms. The van der Waals surface area contributed by atoms with Crippen molar-refractivity contribution in [1.29, 1.82) is 0 Å². The average Bonchev–Trinajstić information content (AvgIpc) is 2.97. The molecule has 8 heteroatoms. The normalized spacial score (nSPS) is 11.9. The van der Waals surface area contributed by atoms with Gasteiger partial charge in [-0.3, -0.25) is 0 Å². The van der Waals surface area contributed by atoms with E-state index in [0.717, 1.165) is 20.7 Å². The molecule has 0 saturated carbocycles. The Bertz CT molecular complexity index is 1010. The summed E-state index contributed by atoms with van der Waals surface area (Å²) in [5, 5.41) is 4.03. The number of nitrogens with one attached hydrogen (secondary N) is 1. The third kappa shape index (κ3) is 4.12. The second-order valence-corrected chi connectivity index (χ2v) is 7.42. The molecule has 0 saturated heterocycles. The van der Waals surface area contributed by atoms with Crippen molar-refractivity contribution in [1.82, 2.24) is 9.97 Å². The first-order valence-corrected chi connectivity index (χ1v) is 9.68. The van der Waals surface area contributed by atoms with Crippen LogP contribution in [0.15, 0.2) is 30.6 Å². The van der Waals surface area contributed by atoms with Crippen molar-refractivity contribution in [2.45, 2.75) is 33.7 Å². The first kappa shape index (κ1) is 19.8. The van der Waals surface area contributed by atoms with Crippen LogP contribution in [0.4, 0.5) is 5.82 Å². The highest BCUT2D eigenvalue weighted by molar-refractivity contribution is 7.18. The summed E-state index contributed by atoms with van der Waals surface area (Å²) in [5.41, 5.74) is 1.50. The van der Waals surface area contributed by atoms with Gasteiger partial charge in [-0.2, -0.15) is 0 Å². The molecule has 0 radical (unpaired) electrons. The molecule has 0 aliphatic heterocycles. The second kappa shape index (κ2) is 8.35. The molecule has 7 nitrogen and oxygen atoms in total. The van der Waals surface area contributed by atoms with Gasteiger partial charge in [-0.1, -0.05) is 0 Å². The zero-order valence-electron chi connectivity index (χ0n) is 16.1. The highest BCUT2D eigenvalue weighted by atomic mass is 32.1. The molecule has 0 aliphatic rings. The van der Waals surface area contributed by atoms with Crippen LogP contribution in [0.1, 0.15) is 34.6 Å². The van der Waals surface area contributed by atoms with Gasteiger partial charge in [0.05, 0.1) is 17.6 Å². The zero-order chi connectivity index (χ0) is 20.3. The van der Waals surface area contributed by atoms with Crippen LogP contribution < -0.4 is 10.1 Å². The van der Waals surface area contributed by atoms with Crippen LogP contribution in [0.2, 0.25) is 0 Å². The first-order chi connectivity index (χ1) is 13.4. The van der Waals surface area contributed by atoms with Crippen LogP contribution in [-0.2, 0) is 9.53 Å². The van der Waals surface area contributed by atoms with Crippen molar-refractivity contribution in [3.8, 4) is 5.75 Å². The number of anilines is 1. The third-order valence-corrected chi connectivity index (χ3v) is 5.37. The number of ether oxygens (including phenoxy) is 2. The van der Waals surface area contributed by atoms with Gasteiger partial charge in [-0.15, -0.1) is 11.3 Å². The summed E-state index contributed by atoms with van der Waals surface area (Å²) in [6, 6.07) is 5.62. The number of carbonyl (C=O) groups excluding carboxylic acids is 2. The topological polar surface area (TPSA) is 90.4 Å². The van der Waals surface area contributed by atoms with E-state index in [-0.39, 0.29) is 0 Å². The maximum Gasteiger partial charge on any atom is 0.338 e. The highest BCUT2D eigenvalue weighted by Crippen LogP contribution is 2.32. The minimum absolute atomic E-state index is 0.304. The van der Waals surface area contributed by atoms with Crippen LogP contribution in [0, 0.1) is 13.8 Å². The number of esters is 2. The van der Waals surface area contributed by atoms with Gasteiger partial charge in [0.25, 0.3) is 0 Å². The zero-order valence-corrected chi connectivity index (χ0v) is 16.9. The molecule has 0 aliphatic carbocycles. The van der Waals surface area contributed by atoms with Gasteiger partial charge in [0.2, 0.25) is 0 Å². The third-order valence-electron chi connectivity index (χ3n) is 4.26. The Morgan fingerprint density at radius 2 is 1.89 bits per heavy atom. The van der Waals surface area contributed by atoms with Gasteiger partial charge in [-0.05, 0) is 57.5 Å². The van der Waals surface area contributed by atoms with E-state index in [1.807, 2.05) is 13.8 Å². The van der Waals surface area contributed by atoms with Gasteiger partial charge >= 0.3 is 11.9 Å². The smallest absolute Gasteiger partial charge is 0.338 e. The van der Waals surface area contributed by atoms with E-state index in [2.05, 4.69) is 15.3 Å². The molecule has 2 aromatic heterocycles. The Hall–Kier alpha value is -3.00.